The first-order chi connectivity index (χ1) is 14.0. The van der Waals surface area contributed by atoms with Crippen molar-refractivity contribution < 1.29 is 28.7 Å². The molecule has 0 aliphatic carbocycles. The van der Waals surface area contributed by atoms with Gasteiger partial charge < -0.3 is 25.4 Å². The molecule has 0 saturated carbocycles. The molecule has 0 unspecified atom stereocenters. The molecule has 0 aliphatic rings. The number of benzene rings is 1. The summed E-state index contributed by atoms with van der Waals surface area (Å²) in [5.74, 6) is -1.26. The predicted octanol–water partition coefficient (Wildman–Crippen LogP) is 2.61. The zero-order valence-electron chi connectivity index (χ0n) is 18.2. The number of hydrogen-bond donors (Lipinski definition) is 3. The number of carbonyl (C=O) groups is 4. The van der Waals surface area contributed by atoms with E-state index in [0.717, 1.165) is 0 Å². The Morgan fingerprint density at radius 3 is 2.40 bits per heavy atom. The number of methoxy groups -OCH3 is 1. The lowest BCUT2D eigenvalue weighted by Gasteiger charge is -2.20. The maximum absolute atomic E-state index is 12.5. The van der Waals surface area contributed by atoms with E-state index >= 15 is 0 Å². The molecule has 1 rings (SSSR count). The van der Waals surface area contributed by atoms with Crippen LogP contribution in [0.5, 0.6) is 0 Å². The second kappa shape index (κ2) is 11.8. The van der Waals surface area contributed by atoms with Crippen molar-refractivity contribution in [1.82, 2.24) is 10.6 Å². The molecule has 166 valence electrons. The van der Waals surface area contributed by atoms with Gasteiger partial charge >= 0.3 is 12.1 Å². The zero-order valence-corrected chi connectivity index (χ0v) is 18.2. The highest BCUT2D eigenvalue weighted by Gasteiger charge is 2.22. The monoisotopic (exact) mass is 421 g/mol. The number of amides is 3. The second-order valence-electron chi connectivity index (χ2n) is 7.74. The van der Waals surface area contributed by atoms with E-state index in [1.54, 1.807) is 39.0 Å². The summed E-state index contributed by atoms with van der Waals surface area (Å²) in [6, 6.07) is 5.58. The number of alkyl carbamates (subject to hydrolysis) is 1. The third-order valence-electron chi connectivity index (χ3n) is 3.82. The Morgan fingerprint density at radius 2 is 1.80 bits per heavy atom. The third kappa shape index (κ3) is 9.90. The van der Waals surface area contributed by atoms with Crippen LogP contribution in [-0.4, -0.2) is 49.2 Å². The van der Waals surface area contributed by atoms with Gasteiger partial charge in [0.15, 0.2) is 0 Å². The van der Waals surface area contributed by atoms with E-state index in [2.05, 4.69) is 16.0 Å². The quantitative estimate of drug-likeness (QED) is 0.416. The van der Waals surface area contributed by atoms with E-state index in [9.17, 15) is 19.2 Å². The van der Waals surface area contributed by atoms with Crippen molar-refractivity contribution in [3.05, 3.63) is 29.8 Å². The number of nitrogens with one attached hydrogen (secondary N) is 3. The first kappa shape index (κ1) is 24.9. The molecule has 3 amide bonds. The largest absolute Gasteiger partial charge is 0.467 e. The van der Waals surface area contributed by atoms with Crippen LogP contribution in [0.4, 0.5) is 10.5 Å². The van der Waals surface area contributed by atoms with Crippen molar-refractivity contribution in [3.8, 4) is 0 Å². The summed E-state index contributed by atoms with van der Waals surface area (Å²) in [5, 5.41) is 7.91. The highest BCUT2D eigenvalue weighted by molar-refractivity contribution is 5.98. The number of hydrogen-bond acceptors (Lipinski definition) is 6. The Bertz CT molecular complexity index is 757. The van der Waals surface area contributed by atoms with Gasteiger partial charge in [0, 0.05) is 24.7 Å². The third-order valence-corrected chi connectivity index (χ3v) is 3.82. The van der Waals surface area contributed by atoms with Crippen molar-refractivity contribution >= 4 is 29.6 Å². The van der Waals surface area contributed by atoms with Gasteiger partial charge in [-0.15, -0.1) is 0 Å². The smallest absolute Gasteiger partial charge is 0.407 e. The number of ether oxygens (including phenoxy) is 2. The van der Waals surface area contributed by atoms with Gasteiger partial charge in [-0.2, -0.15) is 0 Å². The molecule has 0 aromatic heterocycles. The molecular formula is C21H31N3O6. The highest BCUT2D eigenvalue weighted by Crippen LogP contribution is 2.12. The van der Waals surface area contributed by atoms with Crippen molar-refractivity contribution in [3.63, 3.8) is 0 Å². The molecule has 1 aromatic rings. The molecule has 0 spiro atoms. The molecule has 9 nitrogen and oxygen atoms in total. The Hall–Kier alpha value is -3.10. The SMILES string of the molecule is COC(=O)[C@H](CCCCNC(=O)OC(C)(C)C)NC(=O)c1cccc(NC(C)=O)c1. The van der Waals surface area contributed by atoms with Crippen LogP contribution in [-0.2, 0) is 19.1 Å². The molecule has 0 heterocycles. The van der Waals surface area contributed by atoms with Gasteiger partial charge in [0.2, 0.25) is 5.91 Å². The van der Waals surface area contributed by atoms with Crippen molar-refractivity contribution in [2.24, 2.45) is 0 Å². The molecule has 1 aromatic carbocycles. The summed E-state index contributed by atoms with van der Waals surface area (Å²) in [5.41, 5.74) is 0.224. The van der Waals surface area contributed by atoms with Crippen LogP contribution < -0.4 is 16.0 Å². The van der Waals surface area contributed by atoms with E-state index in [1.165, 1.54) is 20.1 Å². The fraction of sp³-hybridized carbons (Fsp3) is 0.524. The maximum atomic E-state index is 12.5. The highest BCUT2D eigenvalue weighted by atomic mass is 16.6. The van der Waals surface area contributed by atoms with Crippen LogP contribution in [0.1, 0.15) is 57.3 Å². The standard InChI is InChI=1S/C21H31N3O6/c1-14(25)23-16-10-8-9-15(13-16)18(26)24-17(19(27)29-5)11-6-7-12-22-20(28)30-21(2,3)4/h8-10,13,17H,6-7,11-12H2,1-5H3,(H,22,28)(H,23,25)(H,24,26)/t17-/m0/s1. The van der Waals surface area contributed by atoms with Gasteiger partial charge in [-0.05, 0) is 58.2 Å². The van der Waals surface area contributed by atoms with Crippen LogP contribution in [0.25, 0.3) is 0 Å². The summed E-state index contributed by atoms with van der Waals surface area (Å²) in [6.07, 6.45) is 1.02. The Balaban J connectivity index is 2.56. The molecule has 0 fully saturated rings. The van der Waals surface area contributed by atoms with Crippen molar-refractivity contribution in [2.75, 3.05) is 19.0 Å². The predicted molar refractivity (Wildman–Crippen MR) is 112 cm³/mol. The minimum Gasteiger partial charge on any atom is -0.467 e. The fourth-order valence-corrected chi connectivity index (χ4v) is 2.55. The number of anilines is 1. The molecule has 30 heavy (non-hydrogen) atoms. The first-order valence-corrected chi connectivity index (χ1v) is 9.75. The van der Waals surface area contributed by atoms with Gasteiger partial charge in [-0.3, -0.25) is 9.59 Å². The minimum atomic E-state index is -0.826. The van der Waals surface area contributed by atoms with Crippen LogP contribution in [0, 0.1) is 0 Å². The Morgan fingerprint density at radius 1 is 1.10 bits per heavy atom. The maximum Gasteiger partial charge on any atom is 0.407 e. The lowest BCUT2D eigenvalue weighted by Crippen LogP contribution is -2.41. The first-order valence-electron chi connectivity index (χ1n) is 9.75. The topological polar surface area (TPSA) is 123 Å². The van der Waals surface area contributed by atoms with Crippen LogP contribution in [0.15, 0.2) is 24.3 Å². The molecule has 0 saturated heterocycles. The molecule has 0 bridgehead atoms. The van der Waals surface area contributed by atoms with Crippen LogP contribution >= 0.6 is 0 Å². The molecule has 0 radical (unpaired) electrons. The van der Waals surface area contributed by atoms with Crippen LogP contribution in [0.3, 0.4) is 0 Å². The molecule has 1 atom stereocenters. The molecular weight excluding hydrogens is 390 g/mol. The van der Waals surface area contributed by atoms with Gasteiger partial charge in [0.1, 0.15) is 11.6 Å². The van der Waals surface area contributed by atoms with E-state index in [-0.39, 0.29) is 5.91 Å². The average Bonchev–Trinajstić information content (AvgIpc) is 2.64. The second-order valence-corrected chi connectivity index (χ2v) is 7.74. The Kier molecular flexibility index (Phi) is 9.80. The summed E-state index contributed by atoms with van der Waals surface area (Å²) in [7, 11) is 1.25. The van der Waals surface area contributed by atoms with Crippen LogP contribution in [0.2, 0.25) is 0 Å². The van der Waals surface area contributed by atoms with E-state index in [4.69, 9.17) is 9.47 Å². The van der Waals surface area contributed by atoms with Gasteiger partial charge in [-0.1, -0.05) is 6.07 Å². The minimum absolute atomic E-state index is 0.250. The summed E-state index contributed by atoms with van der Waals surface area (Å²) in [4.78, 5) is 47.3. The zero-order chi connectivity index (χ0) is 22.7. The van der Waals surface area contributed by atoms with E-state index in [1.807, 2.05) is 0 Å². The van der Waals surface area contributed by atoms with Crippen molar-refractivity contribution in [2.45, 2.75) is 58.6 Å². The molecule has 9 heteroatoms. The van der Waals surface area contributed by atoms with E-state index in [0.29, 0.717) is 37.1 Å². The summed E-state index contributed by atoms with van der Waals surface area (Å²) >= 11 is 0. The summed E-state index contributed by atoms with van der Waals surface area (Å²) < 4.78 is 9.92. The molecule has 0 aliphatic heterocycles. The number of rotatable bonds is 9. The normalized spacial score (nSPS) is 11.8. The lowest BCUT2D eigenvalue weighted by molar-refractivity contribution is -0.143. The van der Waals surface area contributed by atoms with Gasteiger partial charge in [0.05, 0.1) is 7.11 Å². The van der Waals surface area contributed by atoms with E-state index < -0.39 is 29.6 Å². The number of carbonyl (C=O) groups excluding carboxylic acids is 4. The number of esters is 1. The van der Waals surface area contributed by atoms with Gasteiger partial charge in [-0.25, -0.2) is 9.59 Å². The van der Waals surface area contributed by atoms with Gasteiger partial charge in [0.25, 0.3) is 5.91 Å². The van der Waals surface area contributed by atoms with Crippen molar-refractivity contribution in [1.29, 1.82) is 0 Å². The number of unbranched alkanes of at least 4 members (excludes halogenated alkanes) is 1. The average molecular weight is 421 g/mol. The Labute approximate surface area is 176 Å². The fourth-order valence-electron chi connectivity index (χ4n) is 2.55. The molecule has 3 N–H and O–H groups in total. The summed E-state index contributed by atoms with van der Waals surface area (Å²) in [6.45, 7) is 7.10. The lowest BCUT2D eigenvalue weighted by atomic mass is 10.1.